The number of fused-ring (bicyclic) bond motifs is 3. The van der Waals surface area contributed by atoms with Gasteiger partial charge in [-0.05, 0) is 28.6 Å². The van der Waals surface area contributed by atoms with Crippen molar-refractivity contribution in [3.8, 4) is 0 Å². The molecular formula is C13H9NO3S. The van der Waals surface area contributed by atoms with Crippen LogP contribution in [0.4, 0.5) is 0 Å². The number of nitrogens with zero attached hydrogens (tertiary/aromatic N) is 1. The van der Waals surface area contributed by atoms with Gasteiger partial charge in [0.1, 0.15) is 0 Å². The van der Waals surface area contributed by atoms with Gasteiger partial charge in [-0.25, -0.2) is 0 Å². The molecule has 2 aromatic carbocycles. The Kier molecular flexibility index (Phi) is 2.22. The number of hydrogen-bond acceptors (Lipinski definition) is 4. The summed E-state index contributed by atoms with van der Waals surface area (Å²) in [5.41, 5.74) is 0.456. The number of benzene rings is 2. The molecule has 0 aliphatic carbocycles. The van der Waals surface area contributed by atoms with Crippen LogP contribution in [0.5, 0.6) is 0 Å². The molecule has 0 amide bonds. The zero-order valence-electron chi connectivity index (χ0n) is 9.54. The van der Waals surface area contributed by atoms with Crippen LogP contribution in [0.25, 0.3) is 10.8 Å². The molecule has 0 radical (unpaired) electrons. The van der Waals surface area contributed by atoms with Crippen LogP contribution < -0.4 is 0 Å². The maximum atomic E-state index is 12.1. The van der Waals surface area contributed by atoms with Crippen molar-refractivity contribution in [2.45, 2.75) is 16.7 Å². The van der Waals surface area contributed by atoms with Crippen LogP contribution >= 0.6 is 11.8 Å². The van der Waals surface area contributed by atoms with E-state index in [0.717, 1.165) is 27.4 Å². The number of carbonyl (C=O) groups excluding carboxylic acids is 1. The first-order valence-corrected chi connectivity index (χ1v) is 6.26. The second-order valence-electron chi connectivity index (χ2n) is 4.33. The number of rotatable bonds is 1. The quantitative estimate of drug-likeness (QED) is 0.583. The minimum absolute atomic E-state index is 0.418. The van der Waals surface area contributed by atoms with Crippen molar-refractivity contribution in [1.82, 2.24) is 0 Å². The Morgan fingerprint density at radius 3 is 2.67 bits per heavy atom. The molecule has 1 aliphatic heterocycles. The zero-order chi connectivity index (χ0) is 12.9. The molecule has 1 aliphatic rings. The lowest BCUT2D eigenvalue weighted by molar-refractivity contribution is -0.514. The predicted molar refractivity (Wildman–Crippen MR) is 69.5 cm³/mol. The van der Waals surface area contributed by atoms with Crippen molar-refractivity contribution < 1.29 is 9.72 Å². The molecule has 0 bridgehead atoms. The van der Waals surface area contributed by atoms with Crippen molar-refractivity contribution in [3.05, 3.63) is 52.1 Å². The second-order valence-corrected chi connectivity index (χ2v) is 5.74. The summed E-state index contributed by atoms with van der Waals surface area (Å²) in [6.45, 7) is 1.37. The Balaban J connectivity index is 2.30. The predicted octanol–water partition coefficient (Wildman–Crippen LogP) is 3.12. The Hall–Kier alpha value is -1.88. The van der Waals surface area contributed by atoms with Gasteiger partial charge < -0.3 is 0 Å². The van der Waals surface area contributed by atoms with E-state index in [1.165, 1.54) is 6.92 Å². The molecule has 0 saturated heterocycles. The molecule has 3 rings (SSSR count). The fraction of sp³-hybridized carbons (Fsp3) is 0.154. The molecule has 4 nitrogen and oxygen atoms in total. The molecule has 90 valence electrons. The fourth-order valence-corrected chi connectivity index (χ4v) is 3.39. The summed E-state index contributed by atoms with van der Waals surface area (Å²) in [5, 5.41) is 13.0. The van der Waals surface area contributed by atoms with E-state index < -0.39 is 15.6 Å². The van der Waals surface area contributed by atoms with Crippen LogP contribution in [0.1, 0.15) is 17.3 Å². The molecule has 0 saturated carbocycles. The number of carbonyl (C=O) groups is 1. The Labute approximate surface area is 107 Å². The second kappa shape index (κ2) is 3.55. The van der Waals surface area contributed by atoms with Gasteiger partial charge in [0.25, 0.3) is 5.78 Å². The highest BCUT2D eigenvalue weighted by Crippen LogP contribution is 2.48. The monoisotopic (exact) mass is 259 g/mol. The minimum atomic E-state index is -1.59. The Bertz CT molecular complexity index is 698. The summed E-state index contributed by atoms with van der Waals surface area (Å²) in [6.07, 6.45) is 0. The molecule has 0 N–H and O–H groups in total. The molecule has 18 heavy (non-hydrogen) atoms. The third-order valence-electron chi connectivity index (χ3n) is 3.19. The zero-order valence-corrected chi connectivity index (χ0v) is 10.4. The summed E-state index contributed by atoms with van der Waals surface area (Å²) in [4.78, 5) is 21.9. The molecule has 0 fully saturated rings. The van der Waals surface area contributed by atoms with E-state index in [1.54, 1.807) is 6.07 Å². The van der Waals surface area contributed by atoms with Crippen molar-refractivity contribution >= 4 is 28.3 Å². The fourth-order valence-electron chi connectivity index (χ4n) is 2.15. The summed E-state index contributed by atoms with van der Waals surface area (Å²) in [6, 6.07) is 11.1. The highest BCUT2D eigenvalue weighted by Gasteiger charge is 2.54. The van der Waals surface area contributed by atoms with Crippen LogP contribution in [-0.2, 0) is 0 Å². The van der Waals surface area contributed by atoms with Gasteiger partial charge in [-0.1, -0.05) is 30.3 Å². The van der Waals surface area contributed by atoms with Gasteiger partial charge in [-0.15, -0.1) is 0 Å². The SMILES string of the molecule is CC1([N+](=O)[O-])Sc2c(ccc3ccccc23)C1=O. The van der Waals surface area contributed by atoms with Crippen LogP contribution in [0.15, 0.2) is 41.3 Å². The van der Waals surface area contributed by atoms with E-state index >= 15 is 0 Å². The van der Waals surface area contributed by atoms with Crippen molar-refractivity contribution in [2.75, 3.05) is 0 Å². The molecule has 1 atom stereocenters. The smallest absolute Gasteiger partial charge is 0.285 e. The van der Waals surface area contributed by atoms with Gasteiger partial charge in [-0.2, -0.15) is 0 Å². The maximum absolute atomic E-state index is 12.1. The van der Waals surface area contributed by atoms with E-state index in [2.05, 4.69) is 0 Å². The van der Waals surface area contributed by atoms with E-state index in [9.17, 15) is 14.9 Å². The number of thioether (sulfide) groups is 1. The van der Waals surface area contributed by atoms with E-state index in [1.807, 2.05) is 30.3 Å². The standard InChI is InChI=1S/C13H9NO3S/c1-13(14(16)17)12(15)10-7-6-8-4-2-3-5-9(8)11(10)18-13/h2-7H,1H3. The van der Waals surface area contributed by atoms with Gasteiger partial charge in [0.05, 0.1) is 0 Å². The van der Waals surface area contributed by atoms with Gasteiger partial charge in [0, 0.05) is 22.3 Å². The average molecular weight is 259 g/mol. The number of hydrogen-bond donors (Lipinski definition) is 0. The van der Waals surface area contributed by atoms with Crippen LogP contribution in [0.3, 0.4) is 0 Å². The largest absolute Gasteiger partial charge is 0.330 e. The first kappa shape index (κ1) is 11.2. The Morgan fingerprint density at radius 2 is 1.94 bits per heavy atom. The van der Waals surface area contributed by atoms with Crippen LogP contribution in [0, 0.1) is 10.1 Å². The summed E-state index contributed by atoms with van der Waals surface area (Å²) >= 11 is 1.04. The summed E-state index contributed by atoms with van der Waals surface area (Å²) < 4.78 is 0. The first-order valence-electron chi connectivity index (χ1n) is 5.44. The van der Waals surface area contributed by atoms with Crippen molar-refractivity contribution in [3.63, 3.8) is 0 Å². The number of nitro groups is 1. The average Bonchev–Trinajstić information content (AvgIpc) is 2.64. The van der Waals surface area contributed by atoms with Crippen molar-refractivity contribution in [2.24, 2.45) is 0 Å². The van der Waals surface area contributed by atoms with Gasteiger partial charge in [0.15, 0.2) is 0 Å². The molecule has 0 aromatic heterocycles. The van der Waals surface area contributed by atoms with Crippen LogP contribution in [-0.4, -0.2) is 15.6 Å². The highest BCUT2D eigenvalue weighted by molar-refractivity contribution is 8.02. The maximum Gasteiger partial charge on any atom is 0.330 e. The molecular weight excluding hydrogens is 250 g/mol. The van der Waals surface area contributed by atoms with Gasteiger partial charge in [0.2, 0.25) is 0 Å². The molecule has 0 spiro atoms. The topological polar surface area (TPSA) is 60.2 Å². The molecule has 2 aromatic rings. The normalized spacial score (nSPS) is 22.2. The van der Waals surface area contributed by atoms with E-state index in [0.29, 0.717) is 5.56 Å². The summed E-state index contributed by atoms with van der Waals surface area (Å²) in [5.74, 6) is -0.418. The highest BCUT2D eigenvalue weighted by atomic mass is 32.2. The van der Waals surface area contributed by atoms with Gasteiger partial charge >= 0.3 is 4.87 Å². The lowest BCUT2D eigenvalue weighted by Crippen LogP contribution is -2.36. The number of ketones is 1. The summed E-state index contributed by atoms with van der Waals surface area (Å²) in [7, 11) is 0. The third-order valence-corrected chi connectivity index (χ3v) is 4.57. The lowest BCUT2D eigenvalue weighted by atomic mass is 10.0. The van der Waals surface area contributed by atoms with E-state index in [-0.39, 0.29) is 0 Å². The first-order chi connectivity index (χ1) is 8.54. The van der Waals surface area contributed by atoms with Crippen LogP contribution in [0.2, 0.25) is 0 Å². The minimum Gasteiger partial charge on any atom is -0.285 e. The van der Waals surface area contributed by atoms with Crippen molar-refractivity contribution in [1.29, 1.82) is 0 Å². The van der Waals surface area contributed by atoms with Gasteiger partial charge in [-0.3, -0.25) is 14.9 Å². The molecule has 1 unspecified atom stereocenters. The molecule has 5 heteroatoms. The number of Topliss-reactive ketones (excluding diaryl/α,β-unsaturated/α-hetero) is 1. The lowest BCUT2D eigenvalue weighted by Gasteiger charge is -2.10. The Morgan fingerprint density at radius 1 is 1.22 bits per heavy atom. The molecule has 1 heterocycles. The third kappa shape index (κ3) is 1.31. The van der Waals surface area contributed by atoms with E-state index in [4.69, 9.17) is 0 Å².